The number of carbonyl (C=O) groups excluding carboxylic acids is 1. The lowest BCUT2D eigenvalue weighted by Crippen LogP contribution is -2.34. The van der Waals surface area contributed by atoms with Crippen molar-refractivity contribution in [3.63, 3.8) is 0 Å². The third kappa shape index (κ3) is 2.80. The Hall–Kier alpha value is -2.75. The van der Waals surface area contributed by atoms with E-state index in [1.165, 1.54) is 0 Å². The number of aromatic nitrogens is 1. The SMILES string of the molecule is COc1ccc2[nH]cc(C(C)(C)C(=O)Nc3ccccc3)c2c1. The number of hydrogen-bond acceptors (Lipinski definition) is 2. The molecule has 3 rings (SSSR count). The van der Waals surface area contributed by atoms with Gasteiger partial charge in [0.05, 0.1) is 12.5 Å². The average Bonchev–Trinajstić information content (AvgIpc) is 2.99. The summed E-state index contributed by atoms with van der Waals surface area (Å²) in [7, 11) is 1.64. The molecular weight excluding hydrogens is 288 g/mol. The first kappa shape index (κ1) is 15.2. The van der Waals surface area contributed by atoms with Crippen LogP contribution < -0.4 is 10.1 Å². The molecule has 118 valence electrons. The maximum absolute atomic E-state index is 12.8. The van der Waals surface area contributed by atoms with Crippen molar-refractivity contribution in [3.8, 4) is 5.75 Å². The smallest absolute Gasteiger partial charge is 0.234 e. The van der Waals surface area contributed by atoms with Gasteiger partial charge in [-0.3, -0.25) is 4.79 Å². The number of fused-ring (bicyclic) bond motifs is 1. The fraction of sp³-hybridized carbons (Fsp3) is 0.211. The molecule has 0 radical (unpaired) electrons. The molecule has 1 heterocycles. The standard InChI is InChI=1S/C19H20N2O2/c1-19(2,18(22)21-13-7-5-4-6-8-13)16-12-20-17-10-9-14(23-3)11-15(16)17/h4-12,20H,1-3H3,(H,21,22). The van der Waals surface area contributed by atoms with Gasteiger partial charge in [0, 0.05) is 22.8 Å². The molecule has 2 aromatic carbocycles. The number of benzene rings is 2. The van der Waals surface area contributed by atoms with E-state index < -0.39 is 5.41 Å². The summed E-state index contributed by atoms with van der Waals surface area (Å²) in [6.45, 7) is 3.85. The van der Waals surface area contributed by atoms with Crippen LogP contribution in [0.4, 0.5) is 5.69 Å². The summed E-state index contributed by atoms with van der Waals surface area (Å²) in [6.07, 6.45) is 1.90. The van der Waals surface area contributed by atoms with Gasteiger partial charge in [-0.05, 0) is 49.7 Å². The van der Waals surface area contributed by atoms with Gasteiger partial charge < -0.3 is 15.0 Å². The lowest BCUT2D eigenvalue weighted by atomic mass is 9.83. The summed E-state index contributed by atoms with van der Waals surface area (Å²) < 4.78 is 5.30. The van der Waals surface area contributed by atoms with E-state index in [0.717, 1.165) is 27.9 Å². The zero-order valence-electron chi connectivity index (χ0n) is 13.5. The fourth-order valence-corrected chi connectivity index (χ4v) is 2.67. The van der Waals surface area contributed by atoms with Crippen LogP contribution in [0.1, 0.15) is 19.4 Å². The van der Waals surface area contributed by atoms with Gasteiger partial charge in [-0.25, -0.2) is 0 Å². The van der Waals surface area contributed by atoms with Crippen molar-refractivity contribution in [3.05, 3.63) is 60.3 Å². The van der Waals surface area contributed by atoms with Crippen molar-refractivity contribution in [1.82, 2.24) is 4.98 Å². The van der Waals surface area contributed by atoms with Crippen molar-refractivity contribution in [2.45, 2.75) is 19.3 Å². The number of aromatic amines is 1. The Morgan fingerprint density at radius 2 is 1.87 bits per heavy atom. The Morgan fingerprint density at radius 1 is 1.13 bits per heavy atom. The maximum atomic E-state index is 12.8. The molecule has 1 amide bonds. The summed E-state index contributed by atoms with van der Waals surface area (Å²) in [5.74, 6) is 0.727. The first-order valence-corrected chi connectivity index (χ1v) is 7.54. The highest BCUT2D eigenvalue weighted by molar-refractivity contribution is 6.02. The minimum atomic E-state index is -0.680. The van der Waals surface area contributed by atoms with E-state index in [9.17, 15) is 4.79 Å². The van der Waals surface area contributed by atoms with E-state index >= 15 is 0 Å². The minimum absolute atomic E-state index is 0.0487. The summed E-state index contributed by atoms with van der Waals surface area (Å²) in [6, 6.07) is 15.3. The molecule has 0 atom stereocenters. The van der Waals surface area contributed by atoms with Crippen molar-refractivity contribution < 1.29 is 9.53 Å². The zero-order chi connectivity index (χ0) is 16.4. The Labute approximate surface area is 135 Å². The average molecular weight is 308 g/mol. The Bertz CT molecular complexity index is 835. The molecule has 4 nitrogen and oxygen atoms in total. The van der Waals surface area contributed by atoms with Crippen molar-refractivity contribution in [1.29, 1.82) is 0 Å². The van der Waals surface area contributed by atoms with Crippen LogP contribution in [-0.4, -0.2) is 18.0 Å². The van der Waals surface area contributed by atoms with Crippen molar-refractivity contribution >= 4 is 22.5 Å². The van der Waals surface area contributed by atoms with Crippen LogP contribution in [0.5, 0.6) is 5.75 Å². The molecule has 0 fully saturated rings. The minimum Gasteiger partial charge on any atom is -0.497 e. The number of anilines is 1. The van der Waals surface area contributed by atoms with Crippen LogP contribution in [0.15, 0.2) is 54.7 Å². The predicted molar refractivity (Wildman–Crippen MR) is 92.9 cm³/mol. The molecule has 0 unspecified atom stereocenters. The molecule has 0 saturated carbocycles. The molecule has 4 heteroatoms. The Morgan fingerprint density at radius 3 is 2.57 bits per heavy atom. The second kappa shape index (κ2) is 5.80. The van der Waals surface area contributed by atoms with Gasteiger partial charge in [0.25, 0.3) is 0 Å². The van der Waals surface area contributed by atoms with Crippen molar-refractivity contribution in [2.24, 2.45) is 0 Å². The molecule has 0 aliphatic carbocycles. The highest BCUT2D eigenvalue weighted by Gasteiger charge is 2.32. The van der Waals surface area contributed by atoms with E-state index in [0.29, 0.717) is 0 Å². The van der Waals surface area contributed by atoms with Gasteiger partial charge in [0.15, 0.2) is 0 Å². The van der Waals surface area contributed by atoms with Crippen LogP contribution in [-0.2, 0) is 10.2 Å². The summed E-state index contributed by atoms with van der Waals surface area (Å²) >= 11 is 0. The van der Waals surface area contributed by atoms with Crippen LogP contribution in [0, 0.1) is 0 Å². The number of carbonyl (C=O) groups is 1. The van der Waals surface area contributed by atoms with E-state index in [1.54, 1.807) is 7.11 Å². The number of rotatable bonds is 4. The number of amides is 1. The number of ether oxygens (including phenoxy) is 1. The lowest BCUT2D eigenvalue weighted by Gasteiger charge is -2.23. The predicted octanol–water partition coefficient (Wildman–Crippen LogP) is 4.09. The summed E-state index contributed by atoms with van der Waals surface area (Å²) in [4.78, 5) is 16.0. The van der Waals surface area contributed by atoms with Crippen LogP contribution in [0.25, 0.3) is 10.9 Å². The fourth-order valence-electron chi connectivity index (χ4n) is 2.67. The first-order chi connectivity index (χ1) is 11.0. The Kier molecular flexibility index (Phi) is 3.82. The van der Waals surface area contributed by atoms with Gasteiger partial charge >= 0.3 is 0 Å². The monoisotopic (exact) mass is 308 g/mol. The molecule has 3 aromatic rings. The zero-order valence-corrected chi connectivity index (χ0v) is 13.5. The first-order valence-electron chi connectivity index (χ1n) is 7.54. The third-order valence-electron chi connectivity index (χ3n) is 4.16. The lowest BCUT2D eigenvalue weighted by molar-refractivity contribution is -0.120. The Balaban J connectivity index is 1.97. The molecule has 0 aliphatic heterocycles. The molecule has 0 aliphatic rings. The van der Waals surface area contributed by atoms with E-state index in [4.69, 9.17) is 4.74 Å². The van der Waals surface area contributed by atoms with Gasteiger partial charge in [0.1, 0.15) is 5.75 Å². The second-order valence-corrected chi connectivity index (χ2v) is 6.06. The normalized spacial score (nSPS) is 11.4. The molecule has 0 saturated heterocycles. The molecular formula is C19H20N2O2. The van der Waals surface area contributed by atoms with E-state index in [2.05, 4.69) is 10.3 Å². The van der Waals surface area contributed by atoms with E-state index in [-0.39, 0.29) is 5.91 Å². The number of H-pyrrole nitrogens is 1. The van der Waals surface area contributed by atoms with Crippen LogP contribution in [0.2, 0.25) is 0 Å². The molecule has 0 spiro atoms. The molecule has 2 N–H and O–H groups in total. The van der Waals surface area contributed by atoms with Gasteiger partial charge in [-0.1, -0.05) is 18.2 Å². The largest absolute Gasteiger partial charge is 0.497 e. The number of methoxy groups -OCH3 is 1. The molecule has 0 bridgehead atoms. The maximum Gasteiger partial charge on any atom is 0.234 e. The summed E-state index contributed by atoms with van der Waals surface area (Å²) in [5, 5.41) is 3.98. The van der Waals surface area contributed by atoms with Gasteiger partial charge in [0.2, 0.25) is 5.91 Å². The van der Waals surface area contributed by atoms with Crippen LogP contribution >= 0.6 is 0 Å². The van der Waals surface area contributed by atoms with Crippen LogP contribution in [0.3, 0.4) is 0 Å². The quantitative estimate of drug-likeness (QED) is 0.762. The topological polar surface area (TPSA) is 54.1 Å². The molecule has 1 aromatic heterocycles. The third-order valence-corrected chi connectivity index (χ3v) is 4.16. The molecule has 23 heavy (non-hydrogen) atoms. The highest BCUT2D eigenvalue weighted by Crippen LogP contribution is 2.33. The van der Waals surface area contributed by atoms with Crippen molar-refractivity contribution in [2.75, 3.05) is 12.4 Å². The van der Waals surface area contributed by atoms with Gasteiger partial charge in [-0.2, -0.15) is 0 Å². The highest BCUT2D eigenvalue weighted by atomic mass is 16.5. The summed E-state index contributed by atoms with van der Waals surface area (Å²) in [5.41, 5.74) is 2.05. The number of para-hydroxylation sites is 1. The number of nitrogens with one attached hydrogen (secondary N) is 2. The second-order valence-electron chi connectivity index (χ2n) is 6.06. The number of hydrogen-bond donors (Lipinski definition) is 2. The van der Waals surface area contributed by atoms with E-state index in [1.807, 2.05) is 68.6 Å². The van der Waals surface area contributed by atoms with Gasteiger partial charge in [-0.15, -0.1) is 0 Å².